The van der Waals surface area contributed by atoms with Crippen molar-refractivity contribution in [3.63, 3.8) is 0 Å². The fraction of sp³-hybridized carbons (Fsp3) is 0.350. The molecule has 0 unspecified atom stereocenters. The van der Waals surface area contributed by atoms with Crippen molar-refractivity contribution in [1.82, 2.24) is 15.1 Å². The lowest BCUT2D eigenvalue weighted by atomic mass is 10.2. The highest BCUT2D eigenvalue weighted by Crippen LogP contribution is 2.22. The summed E-state index contributed by atoms with van der Waals surface area (Å²) in [4.78, 5) is 15.5. The first-order valence-corrected chi connectivity index (χ1v) is 9.31. The van der Waals surface area contributed by atoms with Crippen molar-refractivity contribution in [2.24, 2.45) is 0 Å². The number of aromatic nitrogens is 2. The van der Waals surface area contributed by atoms with Gasteiger partial charge in [0.05, 0.1) is 39.6 Å². The molecule has 1 N–H and O–H groups in total. The molecule has 1 aliphatic rings. The Morgan fingerprint density at radius 3 is 2.57 bits per heavy atom. The Hall–Kier alpha value is -3.13. The van der Waals surface area contributed by atoms with Crippen LogP contribution in [-0.4, -0.2) is 54.3 Å². The van der Waals surface area contributed by atoms with Gasteiger partial charge in [-0.3, -0.25) is 4.79 Å². The summed E-state index contributed by atoms with van der Waals surface area (Å²) in [6.07, 6.45) is 1.52. The largest absolute Gasteiger partial charge is 0.497 e. The lowest BCUT2D eigenvalue weighted by Gasteiger charge is -2.33. The maximum atomic E-state index is 12.4. The predicted octanol–water partition coefficient (Wildman–Crippen LogP) is 1.44. The molecule has 1 saturated heterocycles. The zero-order valence-corrected chi connectivity index (χ0v) is 15.9. The van der Waals surface area contributed by atoms with Crippen LogP contribution in [0.1, 0.15) is 29.4 Å². The molecule has 146 valence electrons. The number of hydrogen-bond acceptors (Lipinski definition) is 6. The fourth-order valence-corrected chi connectivity index (χ4v) is 3.42. The Morgan fingerprint density at radius 1 is 1.18 bits per heavy atom. The summed E-state index contributed by atoms with van der Waals surface area (Å²) in [5.74, 6) is 2.21. The third kappa shape index (κ3) is 3.63. The molecular weight excluding hydrogens is 360 g/mol. The van der Waals surface area contributed by atoms with E-state index in [9.17, 15) is 4.79 Å². The summed E-state index contributed by atoms with van der Waals surface area (Å²) < 4.78 is 16.3. The second-order valence-corrected chi connectivity index (χ2v) is 6.82. The number of ether oxygens (including phenoxy) is 1. The number of amides is 1. The maximum absolute atomic E-state index is 12.4. The van der Waals surface area contributed by atoms with E-state index in [1.165, 1.54) is 11.2 Å². The molecule has 0 spiro atoms. The van der Waals surface area contributed by atoms with Crippen molar-refractivity contribution in [2.75, 3.05) is 33.3 Å². The van der Waals surface area contributed by atoms with Crippen LogP contribution in [0, 0.1) is 0 Å². The van der Waals surface area contributed by atoms with E-state index in [0.717, 1.165) is 24.4 Å². The van der Waals surface area contributed by atoms with Crippen LogP contribution >= 0.6 is 0 Å². The number of furan rings is 1. The number of methoxy groups -OCH3 is 1. The lowest BCUT2D eigenvalue weighted by molar-refractivity contribution is -0.934. The first-order valence-electron chi connectivity index (χ1n) is 9.31. The molecule has 28 heavy (non-hydrogen) atoms. The molecule has 4 rings (SSSR count). The molecule has 0 bridgehead atoms. The third-order valence-corrected chi connectivity index (χ3v) is 5.19. The van der Waals surface area contributed by atoms with Gasteiger partial charge in [-0.25, -0.2) is 0 Å². The first kappa shape index (κ1) is 18.2. The lowest BCUT2D eigenvalue weighted by Crippen LogP contribution is -3.14. The average Bonchev–Trinajstić information content (AvgIpc) is 3.45. The zero-order chi connectivity index (χ0) is 19.5. The molecule has 0 aliphatic carbocycles. The normalized spacial score (nSPS) is 16.1. The van der Waals surface area contributed by atoms with E-state index in [0.29, 0.717) is 30.6 Å². The van der Waals surface area contributed by atoms with Gasteiger partial charge < -0.3 is 23.4 Å². The summed E-state index contributed by atoms with van der Waals surface area (Å²) in [5, 5.41) is 8.43. The number of quaternary nitrogens is 1. The third-order valence-electron chi connectivity index (χ3n) is 5.19. The Balaban J connectivity index is 1.38. The van der Waals surface area contributed by atoms with Gasteiger partial charge in [-0.1, -0.05) is 0 Å². The van der Waals surface area contributed by atoms with Gasteiger partial charge in [-0.05, 0) is 43.3 Å². The van der Waals surface area contributed by atoms with Gasteiger partial charge in [0.2, 0.25) is 5.89 Å². The minimum Gasteiger partial charge on any atom is -0.497 e. The number of rotatable bonds is 5. The van der Waals surface area contributed by atoms with Crippen molar-refractivity contribution in [3.8, 4) is 17.2 Å². The van der Waals surface area contributed by atoms with Crippen molar-refractivity contribution in [2.45, 2.75) is 13.0 Å². The second kappa shape index (κ2) is 7.85. The van der Waals surface area contributed by atoms with Gasteiger partial charge in [0, 0.05) is 5.56 Å². The van der Waals surface area contributed by atoms with Crippen LogP contribution in [-0.2, 0) is 0 Å². The smallest absolute Gasteiger partial charge is 0.289 e. The summed E-state index contributed by atoms with van der Waals surface area (Å²) in [5.41, 5.74) is 0.857. The summed E-state index contributed by atoms with van der Waals surface area (Å²) >= 11 is 0. The highest BCUT2D eigenvalue weighted by Gasteiger charge is 2.31. The van der Waals surface area contributed by atoms with Crippen molar-refractivity contribution in [1.29, 1.82) is 0 Å². The fourth-order valence-electron chi connectivity index (χ4n) is 3.42. The van der Waals surface area contributed by atoms with Crippen LogP contribution in [0.5, 0.6) is 5.75 Å². The van der Waals surface area contributed by atoms with Gasteiger partial charge in [-0.2, -0.15) is 0 Å². The van der Waals surface area contributed by atoms with Crippen LogP contribution in [0.2, 0.25) is 0 Å². The maximum Gasteiger partial charge on any atom is 0.289 e. The molecule has 1 atom stereocenters. The quantitative estimate of drug-likeness (QED) is 0.718. The molecule has 1 aliphatic heterocycles. The van der Waals surface area contributed by atoms with Crippen LogP contribution in [0.3, 0.4) is 0 Å². The van der Waals surface area contributed by atoms with Crippen LogP contribution in [0.4, 0.5) is 0 Å². The number of piperazine rings is 1. The van der Waals surface area contributed by atoms with Gasteiger partial charge in [-0.15, -0.1) is 10.2 Å². The van der Waals surface area contributed by atoms with Crippen LogP contribution < -0.4 is 9.64 Å². The first-order chi connectivity index (χ1) is 13.7. The van der Waals surface area contributed by atoms with E-state index in [2.05, 4.69) is 17.1 Å². The van der Waals surface area contributed by atoms with E-state index in [-0.39, 0.29) is 11.9 Å². The van der Waals surface area contributed by atoms with E-state index in [4.69, 9.17) is 13.6 Å². The van der Waals surface area contributed by atoms with Gasteiger partial charge in [0.15, 0.2) is 11.8 Å². The summed E-state index contributed by atoms with van der Waals surface area (Å²) in [6.45, 7) is 5.03. The molecule has 3 heterocycles. The Kier molecular flexibility index (Phi) is 5.12. The molecule has 8 nitrogen and oxygen atoms in total. The topological polar surface area (TPSA) is 86.0 Å². The monoisotopic (exact) mass is 383 g/mol. The highest BCUT2D eigenvalue weighted by atomic mass is 16.5. The number of nitrogens with one attached hydrogen (secondary N) is 1. The Labute approximate surface area is 162 Å². The molecule has 1 amide bonds. The van der Waals surface area contributed by atoms with Gasteiger partial charge >= 0.3 is 0 Å². The number of benzene rings is 1. The Morgan fingerprint density at radius 2 is 1.93 bits per heavy atom. The van der Waals surface area contributed by atoms with E-state index in [1.54, 1.807) is 19.2 Å². The van der Waals surface area contributed by atoms with Crippen molar-refractivity contribution < 1.29 is 23.3 Å². The molecule has 3 aromatic rings. The molecule has 1 aromatic carbocycles. The van der Waals surface area contributed by atoms with Crippen LogP contribution in [0.25, 0.3) is 11.5 Å². The van der Waals surface area contributed by atoms with E-state index < -0.39 is 0 Å². The number of hydrogen-bond donors (Lipinski definition) is 1. The molecule has 8 heteroatoms. The van der Waals surface area contributed by atoms with Gasteiger partial charge in [0.25, 0.3) is 11.8 Å². The minimum atomic E-state index is -0.0590. The molecular formula is C20H23N4O4+. The van der Waals surface area contributed by atoms with E-state index >= 15 is 0 Å². The van der Waals surface area contributed by atoms with Crippen LogP contribution in [0.15, 0.2) is 51.5 Å². The van der Waals surface area contributed by atoms with E-state index in [1.807, 2.05) is 29.2 Å². The summed E-state index contributed by atoms with van der Waals surface area (Å²) in [7, 11) is 1.63. The number of carbonyl (C=O) groups excluding carboxylic acids is 1. The molecule has 0 saturated carbocycles. The zero-order valence-electron chi connectivity index (χ0n) is 15.9. The number of carbonyl (C=O) groups is 1. The predicted molar refractivity (Wildman–Crippen MR) is 100 cm³/mol. The minimum absolute atomic E-state index is 0.0559. The Bertz CT molecular complexity index is 912. The molecule has 0 radical (unpaired) electrons. The average molecular weight is 383 g/mol. The number of nitrogens with zero attached hydrogens (tertiary/aromatic N) is 3. The van der Waals surface area contributed by atoms with Gasteiger partial charge in [0.1, 0.15) is 5.75 Å². The SMILES string of the molecule is COc1ccc(-c2nnc([C@H](C)[NH+]3CCN(C(=O)c4ccco4)CC3)o2)cc1. The summed E-state index contributed by atoms with van der Waals surface area (Å²) in [6, 6.07) is 11.0. The highest BCUT2D eigenvalue weighted by molar-refractivity contribution is 5.91. The molecule has 1 fully saturated rings. The van der Waals surface area contributed by atoms with Crippen molar-refractivity contribution >= 4 is 5.91 Å². The van der Waals surface area contributed by atoms with Crippen molar-refractivity contribution in [3.05, 3.63) is 54.3 Å². The standard InChI is InChI=1S/C20H22N4O4/c1-14(18-21-22-19(28-18)15-5-7-16(26-2)8-6-15)23-9-11-24(12-10-23)20(25)17-4-3-13-27-17/h3-8,13-14H,9-12H2,1-2H3/p+1/t14-/m0/s1. The second-order valence-electron chi connectivity index (χ2n) is 6.82. The molecule has 2 aromatic heterocycles.